The van der Waals surface area contributed by atoms with Crippen LogP contribution in [0.15, 0.2) is 36.9 Å². The second kappa shape index (κ2) is 6.44. The zero-order valence-corrected chi connectivity index (χ0v) is 14.3. The number of hydrogen-bond donors (Lipinski definition) is 2. The Labute approximate surface area is 150 Å². The summed E-state index contributed by atoms with van der Waals surface area (Å²) in [6, 6.07) is 7.48. The molecule has 2 amide bonds. The molecule has 2 atom stereocenters. The fourth-order valence-electron chi connectivity index (χ4n) is 4.23. The Kier molecular flexibility index (Phi) is 4.10. The third-order valence-corrected chi connectivity index (χ3v) is 5.62. The Morgan fingerprint density at radius 2 is 2.27 bits per heavy atom. The predicted octanol–water partition coefficient (Wildman–Crippen LogP) is 1.66. The van der Waals surface area contributed by atoms with Gasteiger partial charge < -0.3 is 15.3 Å². The largest absolute Gasteiger partial charge is 0.481 e. The van der Waals surface area contributed by atoms with Crippen LogP contribution in [0.1, 0.15) is 24.8 Å². The molecule has 2 heterocycles. The number of nitrogens with zero attached hydrogens (tertiary/aromatic N) is 4. The van der Waals surface area contributed by atoms with E-state index in [1.807, 2.05) is 24.3 Å². The molecule has 2 fully saturated rings. The number of amides is 2. The molecule has 1 aliphatic carbocycles. The standard InChI is InChI=1S/C18H21N5O3/c24-16(25)18-6-2-4-14(18)9-22(10-18)17(26)20-8-13-3-1-5-15(7-13)23-12-19-11-21-23/h1,3,5,7,11-12,14H,2,4,6,8-10H2,(H,20,26)(H,24,25)/t14-,18+/m0/s1. The van der Waals surface area contributed by atoms with Gasteiger partial charge in [-0.3, -0.25) is 4.79 Å². The molecule has 2 aliphatic rings. The molecule has 26 heavy (non-hydrogen) atoms. The Bertz CT molecular complexity index is 822. The molecule has 0 spiro atoms. The average molecular weight is 355 g/mol. The second-order valence-electron chi connectivity index (χ2n) is 7.10. The van der Waals surface area contributed by atoms with Crippen LogP contribution in [0.2, 0.25) is 0 Å². The second-order valence-corrected chi connectivity index (χ2v) is 7.10. The molecule has 8 nitrogen and oxygen atoms in total. The van der Waals surface area contributed by atoms with Crippen LogP contribution in [0.25, 0.3) is 5.69 Å². The van der Waals surface area contributed by atoms with Crippen LogP contribution in [0.4, 0.5) is 4.79 Å². The van der Waals surface area contributed by atoms with Crippen LogP contribution in [0.3, 0.4) is 0 Å². The number of carbonyl (C=O) groups excluding carboxylic acids is 1. The number of hydrogen-bond acceptors (Lipinski definition) is 4. The molecule has 1 saturated heterocycles. The lowest BCUT2D eigenvalue weighted by Gasteiger charge is -2.23. The predicted molar refractivity (Wildman–Crippen MR) is 92.6 cm³/mol. The maximum atomic E-state index is 12.5. The van der Waals surface area contributed by atoms with Gasteiger partial charge in [0.2, 0.25) is 0 Å². The summed E-state index contributed by atoms with van der Waals surface area (Å²) in [6.45, 7) is 1.21. The van der Waals surface area contributed by atoms with Crippen molar-refractivity contribution in [3.8, 4) is 5.69 Å². The number of carboxylic acids is 1. The van der Waals surface area contributed by atoms with Crippen molar-refractivity contribution in [2.24, 2.45) is 11.3 Å². The molecule has 8 heteroatoms. The molecule has 2 aromatic rings. The highest BCUT2D eigenvalue weighted by atomic mass is 16.4. The molecule has 0 unspecified atom stereocenters. The van der Waals surface area contributed by atoms with Crippen LogP contribution in [0, 0.1) is 11.3 Å². The molecule has 2 N–H and O–H groups in total. The maximum Gasteiger partial charge on any atom is 0.317 e. The van der Waals surface area contributed by atoms with Crippen molar-refractivity contribution >= 4 is 12.0 Å². The number of nitrogens with one attached hydrogen (secondary N) is 1. The highest BCUT2D eigenvalue weighted by Gasteiger charge is 2.55. The van der Waals surface area contributed by atoms with Crippen molar-refractivity contribution in [2.45, 2.75) is 25.8 Å². The summed E-state index contributed by atoms with van der Waals surface area (Å²) in [5.74, 6) is -0.697. The van der Waals surface area contributed by atoms with E-state index in [0.717, 1.165) is 24.1 Å². The Balaban J connectivity index is 1.39. The average Bonchev–Trinajstić information content (AvgIpc) is 3.35. The van der Waals surface area contributed by atoms with Crippen molar-refractivity contribution in [2.75, 3.05) is 13.1 Å². The molecule has 1 aliphatic heterocycles. The Hall–Kier alpha value is -2.90. The van der Waals surface area contributed by atoms with E-state index in [4.69, 9.17) is 0 Å². The van der Waals surface area contributed by atoms with Gasteiger partial charge in [0.25, 0.3) is 0 Å². The number of carboxylic acid groups (broad SMARTS) is 1. The minimum atomic E-state index is -0.768. The number of aliphatic carboxylic acids is 1. The summed E-state index contributed by atoms with van der Waals surface area (Å²) >= 11 is 0. The molecule has 0 radical (unpaired) electrons. The molecule has 1 aromatic carbocycles. The van der Waals surface area contributed by atoms with Crippen molar-refractivity contribution in [1.82, 2.24) is 25.0 Å². The lowest BCUT2D eigenvalue weighted by Crippen LogP contribution is -2.41. The summed E-state index contributed by atoms with van der Waals surface area (Å²) < 4.78 is 1.66. The topological polar surface area (TPSA) is 100 Å². The van der Waals surface area contributed by atoms with Gasteiger partial charge in [-0.2, -0.15) is 5.10 Å². The van der Waals surface area contributed by atoms with Gasteiger partial charge in [-0.1, -0.05) is 18.6 Å². The molecule has 1 saturated carbocycles. The van der Waals surface area contributed by atoms with Gasteiger partial charge in [0.05, 0.1) is 11.1 Å². The third kappa shape index (κ3) is 2.81. The highest BCUT2D eigenvalue weighted by Crippen LogP contribution is 2.48. The van der Waals surface area contributed by atoms with Crippen LogP contribution in [0.5, 0.6) is 0 Å². The molecule has 136 valence electrons. The first-order valence-electron chi connectivity index (χ1n) is 8.79. The van der Waals surface area contributed by atoms with E-state index in [2.05, 4.69) is 15.4 Å². The first kappa shape index (κ1) is 16.6. The van der Waals surface area contributed by atoms with E-state index in [9.17, 15) is 14.7 Å². The lowest BCUT2D eigenvalue weighted by molar-refractivity contribution is -0.149. The number of urea groups is 1. The number of fused-ring (bicyclic) bond motifs is 1. The molecular weight excluding hydrogens is 334 g/mol. The summed E-state index contributed by atoms with van der Waals surface area (Å²) in [5.41, 5.74) is 1.07. The van der Waals surface area contributed by atoms with E-state index in [-0.39, 0.29) is 11.9 Å². The van der Waals surface area contributed by atoms with Crippen molar-refractivity contribution < 1.29 is 14.7 Å². The van der Waals surface area contributed by atoms with Crippen LogP contribution < -0.4 is 5.32 Å². The molecule has 1 aromatic heterocycles. The SMILES string of the molecule is O=C(NCc1cccc(-n2cncn2)c1)N1C[C@@H]2CCC[C@@]2(C(=O)O)C1. The quantitative estimate of drug-likeness (QED) is 0.869. The van der Waals surface area contributed by atoms with E-state index < -0.39 is 11.4 Å². The molecule has 4 rings (SSSR count). The van der Waals surface area contributed by atoms with Crippen molar-refractivity contribution in [3.63, 3.8) is 0 Å². The fraction of sp³-hybridized carbons (Fsp3) is 0.444. The van der Waals surface area contributed by atoms with Crippen LogP contribution in [-0.2, 0) is 11.3 Å². The maximum absolute atomic E-state index is 12.5. The van der Waals surface area contributed by atoms with Gasteiger partial charge in [0.15, 0.2) is 0 Å². The smallest absolute Gasteiger partial charge is 0.317 e. The van der Waals surface area contributed by atoms with E-state index in [1.165, 1.54) is 6.33 Å². The minimum absolute atomic E-state index is 0.0707. The number of benzene rings is 1. The van der Waals surface area contributed by atoms with Crippen molar-refractivity contribution in [3.05, 3.63) is 42.5 Å². The molecule has 0 bridgehead atoms. The van der Waals surface area contributed by atoms with Gasteiger partial charge in [-0.25, -0.2) is 14.5 Å². The first-order chi connectivity index (χ1) is 12.6. The summed E-state index contributed by atoms with van der Waals surface area (Å²) in [4.78, 5) is 29.8. The number of carbonyl (C=O) groups is 2. The number of rotatable bonds is 4. The lowest BCUT2D eigenvalue weighted by atomic mass is 9.81. The highest BCUT2D eigenvalue weighted by molar-refractivity contribution is 5.80. The minimum Gasteiger partial charge on any atom is -0.481 e. The van der Waals surface area contributed by atoms with E-state index >= 15 is 0 Å². The summed E-state index contributed by atoms with van der Waals surface area (Å²) in [6.07, 6.45) is 5.57. The van der Waals surface area contributed by atoms with E-state index in [1.54, 1.807) is 15.9 Å². The molecular formula is C18H21N5O3. The fourth-order valence-corrected chi connectivity index (χ4v) is 4.23. The zero-order valence-electron chi connectivity index (χ0n) is 14.3. The van der Waals surface area contributed by atoms with Crippen molar-refractivity contribution in [1.29, 1.82) is 0 Å². The number of likely N-dealkylation sites (tertiary alicyclic amines) is 1. The third-order valence-electron chi connectivity index (χ3n) is 5.62. The Morgan fingerprint density at radius 1 is 1.38 bits per heavy atom. The summed E-state index contributed by atoms with van der Waals surface area (Å²) in [5, 5.41) is 16.6. The van der Waals surface area contributed by atoms with Gasteiger partial charge >= 0.3 is 12.0 Å². The van der Waals surface area contributed by atoms with Gasteiger partial charge in [-0.15, -0.1) is 0 Å². The summed E-state index contributed by atoms with van der Waals surface area (Å²) in [7, 11) is 0. The first-order valence-corrected chi connectivity index (χ1v) is 8.79. The van der Waals surface area contributed by atoms with Gasteiger partial charge in [0, 0.05) is 19.6 Å². The van der Waals surface area contributed by atoms with Gasteiger partial charge in [-0.05, 0) is 36.5 Å². The Morgan fingerprint density at radius 3 is 3.00 bits per heavy atom. The zero-order chi connectivity index (χ0) is 18.1. The monoisotopic (exact) mass is 355 g/mol. The van der Waals surface area contributed by atoms with E-state index in [0.29, 0.717) is 26.1 Å². The van der Waals surface area contributed by atoms with Crippen LogP contribution in [-0.4, -0.2) is 49.9 Å². The normalized spacial score (nSPS) is 24.5. The number of aromatic nitrogens is 3. The van der Waals surface area contributed by atoms with Crippen LogP contribution >= 0.6 is 0 Å². The van der Waals surface area contributed by atoms with Gasteiger partial charge in [0.1, 0.15) is 12.7 Å².